The first kappa shape index (κ1) is 34.0. The van der Waals surface area contributed by atoms with E-state index in [1.807, 2.05) is 12.1 Å². The fourth-order valence-electron chi connectivity index (χ4n) is 4.83. The predicted molar refractivity (Wildman–Crippen MR) is 148 cm³/mol. The second-order valence-corrected chi connectivity index (χ2v) is 10.2. The molecular weight excluding hydrogens is 555 g/mol. The summed E-state index contributed by atoms with van der Waals surface area (Å²) in [6.45, 7) is 6.05. The predicted octanol–water partition coefficient (Wildman–Crippen LogP) is 2.53. The monoisotopic (exact) mass is 592 g/mol. The second-order valence-electron chi connectivity index (χ2n) is 10.2. The molecule has 0 unspecified atom stereocenters. The number of nitrogens with zero attached hydrogens (tertiary/aromatic N) is 1. The molecule has 13 heteroatoms. The van der Waals surface area contributed by atoms with Gasteiger partial charge in [0.25, 0.3) is 0 Å². The van der Waals surface area contributed by atoms with Gasteiger partial charge in [-0.25, -0.2) is 9.18 Å². The highest BCUT2D eigenvalue weighted by molar-refractivity contribution is 5.88. The summed E-state index contributed by atoms with van der Waals surface area (Å²) in [5.41, 5.74) is 0.104. The number of carbonyl (C=O) groups is 4. The molecule has 1 saturated heterocycles. The van der Waals surface area contributed by atoms with Gasteiger partial charge in [0.05, 0.1) is 32.6 Å². The van der Waals surface area contributed by atoms with Crippen LogP contribution in [0.25, 0.3) is 0 Å². The third-order valence-electron chi connectivity index (χ3n) is 7.04. The maximum atomic E-state index is 13.4. The van der Waals surface area contributed by atoms with Crippen LogP contribution in [0.4, 0.5) is 4.39 Å². The molecule has 12 nitrogen and oxygen atoms in total. The fourth-order valence-corrected chi connectivity index (χ4v) is 4.83. The van der Waals surface area contributed by atoms with E-state index in [1.165, 1.54) is 24.6 Å². The van der Waals surface area contributed by atoms with E-state index in [4.69, 9.17) is 29.9 Å². The summed E-state index contributed by atoms with van der Waals surface area (Å²) in [5, 5.41) is 36.9. The molecule has 1 aliphatic rings. The van der Waals surface area contributed by atoms with Crippen molar-refractivity contribution in [2.45, 2.75) is 57.2 Å². The number of aryl methyl sites for hydroxylation is 1. The number of aliphatic hydroxyl groups is 1. The van der Waals surface area contributed by atoms with Gasteiger partial charge in [0.2, 0.25) is 5.91 Å². The standard InChI is InChI=1S/C23H29FN2O3.C6H8O7/c1-16-13-21(28-3)22(29-4)14-18(16)15-26-11-9-23(10-12-26,25-17(2)27)19-5-7-20(24)8-6-19;7-3(8)1-6(13,5(11)12)2-4(9)10/h5-8,13-14H,9-12,15H2,1-4H3,(H,25,27);13H,1-2H2,(H,7,8)(H,9,10)(H,11,12). The van der Waals surface area contributed by atoms with Crippen molar-refractivity contribution in [3.8, 4) is 11.5 Å². The van der Waals surface area contributed by atoms with Gasteiger partial charge in [-0.15, -0.1) is 0 Å². The van der Waals surface area contributed by atoms with Crippen LogP contribution >= 0.6 is 0 Å². The highest BCUT2D eigenvalue weighted by Gasteiger charge is 2.41. The van der Waals surface area contributed by atoms with Crippen LogP contribution in [0.1, 0.15) is 49.3 Å². The quantitative estimate of drug-likeness (QED) is 0.258. The van der Waals surface area contributed by atoms with Crippen LogP contribution < -0.4 is 14.8 Å². The van der Waals surface area contributed by atoms with Crippen LogP contribution in [-0.4, -0.2) is 82.1 Å². The van der Waals surface area contributed by atoms with E-state index in [9.17, 15) is 23.6 Å². The number of aliphatic carboxylic acids is 3. The highest BCUT2D eigenvalue weighted by atomic mass is 19.1. The molecule has 2 aromatic carbocycles. The van der Waals surface area contributed by atoms with Crippen LogP contribution in [0.2, 0.25) is 0 Å². The van der Waals surface area contributed by atoms with Crippen molar-refractivity contribution in [1.82, 2.24) is 10.2 Å². The average molecular weight is 593 g/mol. The van der Waals surface area contributed by atoms with Crippen molar-refractivity contribution < 1.29 is 53.5 Å². The van der Waals surface area contributed by atoms with Crippen LogP contribution in [0.5, 0.6) is 11.5 Å². The Balaban J connectivity index is 0.000000401. The zero-order valence-electron chi connectivity index (χ0n) is 24.0. The Bertz CT molecular complexity index is 1260. The van der Waals surface area contributed by atoms with Gasteiger partial charge in [-0.2, -0.15) is 0 Å². The van der Waals surface area contributed by atoms with E-state index in [1.54, 1.807) is 26.4 Å². The van der Waals surface area contributed by atoms with Crippen molar-refractivity contribution >= 4 is 23.8 Å². The molecule has 0 saturated carbocycles. The summed E-state index contributed by atoms with van der Waals surface area (Å²) in [6, 6.07) is 10.5. The maximum Gasteiger partial charge on any atom is 0.336 e. The number of piperidine rings is 1. The molecule has 230 valence electrons. The van der Waals surface area contributed by atoms with E-state index in [-0.39, 0.29) is 11.7 Å². The van der Waals surface area contributed by atoms with Crippen molar-refractivity contribution in [2.75, 3.05) is 27.3 Å². The van der Waals surface area contributed by atoms with Crippen LogP contribution in [0.3, 0.4) is 0 Å². The molecule has 0 aliphatic carbocycles. The molecule has 0 spiro atoms. The minimum atomic E-state index is -2.74. The van der Waals surface area contributed by atoms with Crippen LogP contribution in [-0.2, 0) is 31.3 Å². The zero-order chi connectivity index (χ0) is 31.7. The number of benzene rings is 2. The van der Waals surface area contributed by atoms with Gasteiger partial charge >= 0.3 is 17.9 Å². The number of carboxylic acids is 3. The molecule has 0 bridgehead atoms. The lowest BCUT2D eigenvalue weighted by atomic mass is 9.80. The number of carboxylic acid groups (broad SMARTS) is 3. The number of rotatable bonds is 11. The molecule has 0 aromatic heterocycles. The molecule has 1 aliphatic heterocycles. The average Bonchev–Trinajstić information content (AvgIpc) is 2.90. The Morgan fingerprint density at radius 1 is 0.952 bits per heavy atom. The van der Waals surface area contributed by atoms with E-state index < -0.39 is 41.9 Å². The maximum absolute atomic E-state index is 13.4. The second kappa shape index (κ2) is 14.6. The fraction of sp³-hybridized carbons (Fsp3) is 0.448. The number of likely N-dealkylation sites (tertiary alicyclic amines) is 1. The molecule has 1 fully saturated rings. The summed E-state index contributed by atoms with van der Waals surface area (Å²) < 4.78 is 24.2. The van der Waals surface area contributed by atoms with Crippen LogP contribution in [0.15, 0.2) is 36.4 Å². The molecule has 2 aromatic rings. The Labute approximate surface area is 242 Å². The van der Waals surface area contributed by atoms with Gasteiger partial charge in [-0.05, 0) is 60.7 Å². The van der Waals surface area contributed by atoms with E-state index in [0.717, 1.165) is 55.1 Å². The number of ether oxygens (including phenoxy) is 2. The lowest BCUT2D eigenvalue weighted by molar-refractivity contribution is -0.170. The van der Waals surface area contributed by atoms with Crippen LogP contribution in [0, 0.1) is 12.7 Å². The van der Waals surface area contributed by atoms with Gasteiger partial charge in [0, 0.05) is 26.6 Å². The van der Waals surface area contributed by atoms with Gasteiger partial charge in [0.1, 0.15) is 5.82 Å². The van der Waals surface area contributed by atoms with Crippen molar-refractivity contribution in [2.24, 2.45) is 0 Å². The van der Waals surface area contributed by atoms with Gasteiger partial charge < -0.3 is 35.2 Å². The highest BCUT2D eigenvalue weighted by Crippen LogP contribution is 2.35. The Kier molecular flexibility index (Phi) is 11.8. The summed E-state index contributed by atoms with van der Waals surface area (Å²) in [4.78, 5) is 44.7. The Morgan fingerprint density at radius 3 is 1.88 bits per heavy atom. The number of hydrogen-bond donors (Lipinski definition) is 5. The van der Waals surface area contributed by atoms with Gasteiger partial charge in [0.15, 0.2) is 17.1 Å². The molecular formula is C29H37FN2O10. The molecule has 1 heterocycles. The number of carbonyl (C=O) groups excluding carboxylic acids is 1. The number of nitrogens with one attached hydrogen (secondary N) is 1. The number of hydrogen-bond acceptors (Lipinski definition) is 8. The largest absolute Gasteiger partial charge is 0.493 e. The third kappa shape index (κ3) is 9.14. The van der Waals surface area contributed by atoms with E-state index in [0.29, 0.717) is 0 Å². The first-order valence-corrected chi connectivity index (χ1v) is 13.0. The normalized spacial score (nSPS) is 14.6. The number of methoxy groups -OCH3 is 2. The third-order valence-corrected chi connectivity index (χ3v) is 7.04. The summed E-state index contributed by atoms with van der Waals surface area (Å²) >= 11 is 0. The molecule has 5 N–H and O–H groups in total. The summed E-state index contributed by atoms with van der Waals surface area (Å²) in [5.74, 6) is -3.90. The molecule has 0 atom stereocenters. The lowest BCUT2D eigenvalue weighted by Crippen LogP contribution is -2.52. The molecule has 3 rings (SSSR count). The lowest BCUT2D eigenvalue weighted by Gasteiger charge is -2.43. The topological polar surface area (TPSA) is 183 Å². The van der Waals surface area contributed by atoms with E-state index >= 15 is 0 Å². The number of amides is 1. The van der Waals surface area contributed by atoms with Gasteiger partial charge in [-0.1, -0.05) is 12.1 Å². The zero-order valence-corrected chi connectivity index (χ0v) is 24.0. The smallest absolute Gasteiger partial charge is 0.336 e. The van der Waals surface area contributed by atoms with Crippen molar-refractivity contribution in [1.29, 1.82) is 0 Å². The Hall–Kier alpha value is -4.23. The SMILES string of the molecule is COc1cc(C)c(CN2CCC(NC(C)=O)(c3ccc(F)cc3)CC2)cc1OC.O=C(O)CC(O)(CC(=O)O)C(=O)O. The molecule has 42 heavy (non-hydrogen) atoms. The van der Waals surface area contributed by atoms with E-state index in [2.05, 4.69) is 17.1 Å². The molecule has 1 amide bonds. The number of halogens is 1. The van der Waals surface area contributed by atoms with Crippen molar-refractivity contribution in [3.05, 3.63) is 58.9 Å². The first-order chi connectivity index (χ1) is 19.6. The summed E-state index contributed by atoms with van der Waals surface area (Å²) in [7, 11) is 3.28. The minimum Gasteiger partial charge on any atom is -0.493 e. The van der Waals surface area contributed by atoms with Crippen molar-refractivity contribution in [3.63, 3.8) is 0 Å². The first-order valence-electron chi connectivity index (χ1n) is 13.0. The molecule has 0 radical (unpaired) electrons. The minimum absolute atomic E-state index is 0.0708. The summed E-state index contributed by atoms with van der Waals surface area (Å²) in [6.07, 6.45) is -0.752. The Morgan fingerprint density at radius 2 is 1.45 bits per heavy atom. The van der Waals surface area contributed by atoms with Gasteiger partial charge in [-0.3, -0.25) is 19.3 Å².